The van der Waals surface area contributed by atoms with E-state index in [-0.39, 0.29) is 0 Å². The molecular formula is C27H22I2. The smallest absolute Gasteiger partial charge is 0.0278 e. The van der Waals surface area contributed by atoms with Crippen molar-refractivity contribution in [2.45, 2.75) is 33.6 Å². The van der Waals surface area contributed by atoms with E-state index in [2.05, 4.69) is 132 Å². The Labute approximate surface area is 201 Å². The summed E-state index contributed by atoms with van der Waals surface area (Å²) in [4.78, 5) is 0. The van der Waals surface area contributed by atoms with Gasteiger partial charge in [-0.3, -0.25) is 0 Å². The fourth-order valence-corrected chi connectivity index (χ4v) is 5.43. The van der Waals surface area contributed by atoms with Crippen LogP contribution >= 0.6 is 45.2 Å². The molecule has 0 saturated heterocycles. The van der Waals surface area contributed by atoms with E-state index in [1.165, 1.54) is 46.1 Å². The van der Waals surface area contributed by atoms with Crippen LogP contribution in [0, 0.1) is 32.8 Å². The molecule has 0 bridgehead atoms. The first-order chi connectivity index (χ1) is 13.9. The molecule has 0 nitrogen and oxygen atoms in total. The number of allylic oxidation sites excluding steroid dienone is 1. The van der Waals surface area contributed by atoms with E-state index in [1.54, 1.807) is 0 Å². The molecule has 0 saturated carbocycles. The zero-order chi connectivity index (χ0) is 20.5. The van der Waals surface area contributed by atoms with Crippen LogP contribution in [0.4, 0.5) is 0 Å². The number of hydrogen-bond acceptors (Lipinski definition) is 0. The molecule has 2 heteroatoms. The molecule has 0 spiro atoms. The third kappa shape index (κ3) is 4.46. The van der Waals surface area contributed by atoms with E-state index in [0.717, 1.165) is 24.0 Å². The first-order valence-electron chi connectivity index (χ1n) is 9.85. The van der Waals surface area contributed by atoms with E-state index in [4.69, 9.17) is 0 Å². The highest BCUT2D eigenvalue weighted by molar-refractivity contribution is 14.1. The lowest BCUT2D eigenvalue weighted by Crippen LogP contribution is -1.89. The summed E-state index contributed by atoms with van der Waals surface area (Å²) in [7, 11) is 0. The highest BCUT2D eigenvalue weighted by Gasteiger charge is 2.12. The minimum absolute atomic E-state index is 1.07. The lowest BCUT2D eigenvalue weighted by atomic mass is 9.97. The third-order valence-corrected chi connectivity index (χ3v) is 7.80. The van der Waals surface area contributed by atoms with E-state index >= 15 is 0 Å². The summed E-state index contributed by atoms with van der Waals surface area (Å²) >= 11 is 4.77. The molecule has 0 radical (unpaired) electrons. The summed E-state index contributed by atoms with van der Waals surface area (Å²) in [5.74, 6) is 6.72. The Morgan fingerprint density at radius 1 is 0.862 bits per heavy atom. The third-order valence-electron chi connectivity index (χ3n) is 5.56. The second-order valence-electron chi connectivity index (χ2n) is 7.59. The molecule has 0 aliphatic heterocycles. The molecule has 144 valence electrons. The topological polar surface area (TPSA) is 0 Å². The number of hydrogen-bond donors (Lipinski definition) is 0. The minimum atomic E-state index is 1.07. The van der Waals surface area contributed by atoms with Gasteiger partial charge in [-0.15, -0.1) is 0 Å². The van der Waals surface area contributed by atoms with Gasteiger partial charge in [0.2, 0.25) is 0 Å². The molecule has 0 N–H and O–H groups in total. The first kappa shape index (κ1) is 20.7. The average Bonchev–Trinajstić information content (AvgIpc) is 3.13. The molecule has 0 amide bonds. The average molecular weight is 600 g/mol. The van der Waals surface area contributed by atoms with Crippen molar-refractivity contribution in [3.05, 3.63) is 94.6 Å². The van der Waals surface area contributed by atoms with Crippen LogP contribution in [0.15, 0.2) is 54.1 Å². The number of rotatable bonds is 2. The maximum absolute atomic E-state index is 3.37. The second kappa shape index (κ2) is 8.65. The normalized spacial score (nSPS) is 12.2. The highest BCUT2D eigenvalue weighted by atomic mass is 127. The Kier molecular flexibility index (Phi) is 6.17. The minimum Gasteiger partial charge on any atom is -0.0655 e. The Morgan fingerprint density at radius 3 is 2.24 bits per heavy atom. The maximum Gasteiger partial charge on any atom is 0.0278 e. The quantitative estimate of drug-likeness (QED) is 0.207. The molecule has 0 heterocycles. The molecule has 1 aliphatic rings. The lowest BCUT2D eigenvalue weighted by molar-refractivity contribution is 1.04. The van der Waals surface area contributed by atoms with Gasteiger partial charge in [0.05, 0.1) is 0 Å². The summed E-state index contributed by atoms with van der Waals surface area (Å²) in [6, 6.07) is 17.8. The van der Waals surface area contributed by atoms with Crippen LogP contribution in [0.5, 0.6) is 0 Å². The van der Waals surface area contributed by atoms with Crippen LogP contribution < -0.4 is 0 Å². The Hall–Kier alpha value is -1.58. The molecule has 0 fully saturated rings. The van der Waals surface area contributed by atoms with Crippen LogP contribution in [0.25, 0.3) is 17.2 Å². The Balaban J connectivity index is 1.61. The number of halogens is 2. The van der Waals surface area contributed by atoms with Gasteiger partial charge in [-0.2, -0.15) is 0 Å². The van der Waals surface area contributed by atoms with E-state index < -0.39 is 0 Å². The molecule has 0 unspecified atom stereocenters. The first-order valence-corrected chi connectivity index (χ1v) is 12.0. The van der Waals surface area contributed by atoms with Crippen LogP contribution in [-0.2, 0) is 6.42 Å². The van der Waals surface area contributed by atoms with Gasteiger partial charge in [0.15, 0.2) is 0 Å². The van der Waals surface area contributed by atoms with E-state index in [1.807, 2.05) is 0 Å². The summed E-state index contributed by atoms with van der Waals surface area (Å²) in [6.45, 7) is 6.54. The van der Waals surface area contributed by atoms with Crippen molar-refractivity contribution >= 4 is 51.3 Å². The van der Waals surface area contributed by atoms with Crippen LogP contribution in [0.1, 0.15) is 46.7 Å². The predicted molar refractivity (Wildman–Crippen MR) is 141 cm³/mol. The summed E-state index contributed by atoms with van der Waals surface area (Å²) in [5.41, 5.74) is 11.6. The number of aryl methyl sites for hydroxylation is 1. The maximum atomic E-state index is 3.37. The predicted octanol–water partition coefficient (Wildman–Crippen LogP) is 7.93. The highest BCUT2D eigenvalue weighted by Crippen LogP contribution is 2.31. The van der Waals surface area contributed by atoms with Gasteiger partial charge in [-0.1, -0.05) is 60.7 Å². The molecular weight excluding hydrogens is 578 g/mol. The van der Waals surface area contributed by atoms with Crippen LogP contribution in [0.2, 0.25) is 0 Å². The lowest BCUT2D eigenvalue weighted by Gasteiger charge is -2.08. The van der Waals surface area contributed by atoms with Gasteiger partial charge < -0.3 is 0 Å². The van der Waals surface area contributed by atoms with Crippen molar-refractivity contribution in [3.8, 4) is 23.0 Å². The largest absolute Gasteiger partial charge is 0.0655 e. The molecule has 0 aromatic heterocycles. The van der Waals surface area contributed by atoms with Crippen molar-refractivity contribution in [3.63, 3.8) is 0 Å². The molecule has 3 aromatic carbocycles. The molecule has 1 aliphatic carbocycles. The van der Waals surface area contributed by atoms with Gasteiger partial charge in [0.1, 0.15) is 0 Å². The zero-order valence-electron chi connectivity index (χ0n) is 16.9. The standard InChI is InChI=1S/C27H22I2/c1-4-19-12-23-9-10-24(16-25(23)13-19)22-8-7-21(17(2)11-22)6-5-20-14-26(28)18(3)27(29)15-20/h7-12,14-16H,4,13H2,1-3H3. The fourth-order valence-electron chi connectivity index (χ4n) is 3.66. The summed E-state index contributed by atoms with van der Waals surface area (Å²) in [6.07, 6.45) is 4.57. The SMILES string of the molecule is CCC1=Cc2ccc(-c3ccc(C#Cc4cc(I)c(C)c(I)c4)c(C)c3)cc2C1. The Bertz CT molecular complexity index is 1180. The van der Waals surface area contributed by atoms with E-state index in [9.17, 15) is 0 Å². The van der Waals surface area contributed by atoms with Gasteiger partial charge in [-0.05, 0) is 123 Å². The van der Waals surface area contributed by atoms with Gasteiger partial charge in [-0.25, -0.2) is 0 Å². The second-order valence-corrected chi connectivity index (χ2v) is 9.92. The monoisotopic (exact) mass is 600 g/mol. The van der Waals surface area contributed by atoms with Crippen molar-refractivity contribution in [2.75, 3.05) is 0 Å². The van der Waals surface area contributed by atoms with E-state index in [0.29, 0.717) is 0 Å². The van der Waals surface area contributed by atoms with Crippen LogP contribution in [0.3, 0.4) is 0 Å². The van der Waals surface area contributed by atoms with Crippen molar-refractivity contribution < 1.29 is 0 Å². The van der Waals surface area contributed by atoms with Crippen LogP contribution in [-0.4, -0.2) is 0 Å². The van der Waals surface area contributed by atoms with Gasteiger partial charge in [0, 0.05) is 18.3 Å². The number of fused-ring (bicyclic) bond motifs is 1. The molecule has 4 rings (SSSR count). The van der Waals surface area contributed by atoms with Gasteiger partial charge in [0.25, 0.3) is 0 Å². The Morgan fingerprint density at radius 2 is 1.55 bits per heavy atom. The molecule has 0 atom stereocenters. The summed E-state index contributed by atoms with van der Waals surface area (Å²) < 4.78 is 2.53. The zero-order valence-corrected chi connectivity index (χ0v) is 21.2. The molecule has 29 heavy (non-hydrogen) atoms. The molecule has 3 aromatic rings. The van der Waals surface area contributed by atoms with Crippen molar-refractivity contribution in [1.29, 1.82) is 0 Å². The summed E-state index contributed by atoms with van der Waals surface area (Å²) in [5, 5.41) is 0. The van der Waals surface area contributed by atoms with Crippen molar-refractivity contribution in [1.82, 2.24) is 0 Å². The number of benzene rings is 3. The van der Waals surface area contributed by atoms with Crippen molar-refractivity contribution in [2.24, 2.45) is 0 Å². The van der Waals surface area contributed by atoms with Gasteiger partial charge >= 0.3 is 0 Å². The fraction of sp³-hybridized carbons (Fsp3) is 0.185.